The van der Waals surface area contributed by atoms with Crippen molar-refractivity contribution in [3.63, 3.8) is 0 Å². The monoisotopic (exact) mass is 434 g/mol. The third-order valence-electron chi connectivity index (χ3n) is 6.78. The van der Waals surface area contributed by atoms with Crippen molar-refractivity contribution >= 4 is 23.7 Å². The summed E-state index contributed by atoms with van der Waals surface area (Å²) in [5.41, 5.74) is 10.7. The Morgan fingerprint density at radius 3 is 2.32 bits per heavy atom. The van der Waals surface area contributed by atoms with Gasteiger partial charge in [0.05, 0.1) is 0 Å². The highest BCUT2D eigenvalue weighted by atomic mass is 16.2. The summed E-state index contributed by atoms with van der Waals surface area (Å²) >= 11 is 0. The SMILES string of the molecule is NC(N)=NCCCC1NC(=O)C(C(=O)NC2CCCCC2)N(CC2CCCCC2)C1=O. The highest BCUT2D eigenvalue weighted by Gasteiger charge is 2.45. The molecule has 2 aliphatic carbocycles. The summed E-state index contributed by atoms with van der Waals surface area (Å²) in [5.74, 6) is -0.532. The first kappa shape index (κ1) is 23.3. The number of guanidine groups is 1. The van der Waals surface area contributed by atoms with Gasteiger partial charge in [-0.25, -0.2) is 0 Å². The average molecular weight is 435 g/mol. The smallest absolute Gasteiger partial charge is 0.253 e. The van der Waals surface area contributed by atoms with E-state index in [0.717, 1.165) is 51.4 Å². The topological polar surface area (TPSA) is 143 Å². The molecule has 3 rings (SSSR count). The van der Waals surface area contributed by atoms with Crippen molar-refractivity contribution in [2.24, 2.45) is 22.4 Å². The van der Waals surface area contributed by atoms with E-state index >= 15 is 0 Å². The van der Waals surface area contributed by atoms with Gasteiger partial charge in [0.2, 0.25) is 5.91 Å². The number of carbonyl (C=O) groups excluding carboxylic acids is 3. The van der Waals surface area contributed by atoms with Gasteiger partial charge in [0.25, 0.3) is 11.8 Å². The van der Waals surface area contributed by atoms with Crippen molar-refractivity contribution in [1.82, 2.24) is 15.5 Å². The van der Waals surface area contributed by atoms with Gasteiger partial charge < -0.3 is 27.0 Å². The Balaban J connectivity index is 1.69. The molecule has 6 N–H and O–H groups in total. The number of piperazine rings is 1. The minimum Gasteiger partial charge on any atom is -0.370 e. The molecule has 0 bridgehead atoms. The van der Waals surface area contributed by atoms with Crippen LogP contribution in [0.25, 0.3) is 0 Å². The number of hydrogen-bond donors (Lipinski definition) is 4. The van der Waals surface area contributed by atoms with Crippen LogP contribution in [0.4, 0.5) is 0 Å². The maximum Gasteiger partial charge on any atom is 0.253 e. The zero-order chi connectivity index (χ0) is 22.2. The molecule has 0 spiro atoms. The van der Waals surface area contributed by atoms with Crippen LogP contribution in [0.5, 0.6) is 0 Å². The lowest BCUT2D eigenvalue weighted by Crippen LogP contribution is -2.68. The van der Waals surface area contributed by atoms with Crippen LogP contribution in [0.3, 0.4) is 0 Å². The summed E-state index contributed by atoms with van der Waals surface area (Å²) in [4.78, 5) is 44.9. The second kappa shape index (κ2) is 11.3. The minimum absolute atomic E-state index is 0.0115. The summed E-state index contributed by atoms with van der Waals surface area (Å²) in [5, 5.41) is 5.83. The van der Waals surface area contributed by atoms with Gasteiger partial charge in [-0.15, -0.1) is 0 Å². The van der Waals surface area contributed by atoms with Crippen molar-refractivity contribution in [1.29, 1.82) is 0 Å². The van der Waals surface area contributed by atoms with Crippen molar-refractivity contribution < 1.29 is 14.4 Å². The molecular weight excluding hydrogens is 396 g/mol. The zero-order valence-corrected chi connectivity index (χ0v) is 18.5. The first-order valence-electron chi connectivity index (χ1n) is 11.9. The first-order valence-corrected chi connectivity index (χ1v) is 11.9. The molecule has 3 amide bonds. The van der Waals surface area contributed by atoms with E-state index in [0.29, 0.717) is 31.8 Å². The first-order chi connectivity index (χ1) is 15.0. The lowest BCUT2D eigenvalue weighted by molar-refractivity contribution is -0.155. The summed E-state index contributed by atoms with van der Waals surface area (Å²) in [6, 6.07) is -1.62. The maximum atomic E-state index is 13.3. The number of nitrogens with zero attached hydrogens (tertiary/aromatic N) is 2. The molecule has 3 fully saturated rings. The summed E-state index contributed by atoms with van der Waals surface area (Å²) in [6.07, 6.45) is 11.8. The number of aliphatic imine (C=N–C) groups is 1. The standard InChI is InChI=1S/C22H38N6O3/c23-22(24)25-13-7-12-17-21(31)28(14-15-8-3-1-4-9-15)18(20(30)27-17)19(29)26-16-10-5-2-6-11-16/h15-18H,1-14H2,(H,26,29)(H,27,30)(H4,23,24,25). The fraction of sp³-hybridized carbons (Fsp3) is 0.818. The maximum absolute atomic E-state index is 13.3. The van der Waals surface area contributed by atoms with Crippen LogP contribution in [0, 0.1) is 5.92 Å². The van der Waals surface area contributed by atoms with E-state index in [1.54, 1.807) is 4.90 Å². The molecule has 1 aliphatic heterocycles. The molecule has 9 nitrogen and oxygen atoms in total. The predicted molar refractivity (Wildman–Crippen MR) is 119 cm³/mol. The number of nitrogens with two attached hydrogens (primary N) is 2. The van der Waals surface area contributed by atoms with Crippen molar-refractivity contribution in [3.8, 4) is 0 Å². The molecule has 1 saturated heterocycles. The van der Waals surface area contributed by atoms with Crippen LogP contribution in [-0.4, -0.2) is 59.8 Å². The van der Waals surface area contributed by atoms with Crippen LogP contribution in [0.15, 0.2) is 4.99 Å². The minimum atomic E-state index is -1.08. The average Bonchev–Trinajstić information content (AvgIpc) is 2.75. The Kier molecular flexibility index (Phi) is 8.54. The second-order valence-electron chi connectivity index (χ2n) is 9.25. The van der Waals surface area contributed by atoms with Crippen molar-refractivity contribution in [3.05, 3.63) is 0 Å². The van der Waals surface area contributed by atoms with E-state index in [1.165, 1.54) is 12.8 Å². The van der Waals surface area contributed by atoms with E-state index in [4.69, 9.17) is 11.5 Å². The largest absolute Gasteiger partial charge is 0.370 e. The molecule has 174 valence electrons. The summed E-state index contributed by atoms with van der Waals surface area (Å²) in [6.45, 7) is 0.871. The molecule has 9 heteroatoms. The Morgan fingerprint density at radius 1 is 1.03 bits per heavy atom. The fourth-order valence-corrected chi connectivity index (χ4v) is 5.11. The highest BCUT2D eigenvalue weighted by Crippen LogP contribution is 2.27. The van der Waals surface area contributed by atoms with Gasteiger partial charge in [0, 0.05) is 19.1 Å². The number of amides is 3. The van der Waals surface area contributed by atoms with Crippen LogP contribution in [0.2, 0.25) is 0 Å². The van der Waals surface area contributed by atoms with E-state index in [9.17, 15) is 14.4 Å². The Bertz CT molecular complexity index is 666. The van der Waals surface area contributed by atoms with Gasteiger partial charge in [0.1, 0.15) is 6.04 Å². The van der Waals surface area contributed by atoms with Gasteiger partial charge in [-0.3, -0.25) is 19.4 Å². The number of nitrogens with one attached hydrogen (secondary N) is 2. The molecule has 0 aromatic heterocycles. The molecule has 2 atom stereocenters. The number of carbonyl (C=O) groups is 3. The third-order valence-corrected chi connectivity index (χ3v) is 6.78. The molecule has 2 saturated carbocycles. The Morgan fingerprint density at radius 2 is 1.68 bits per heavy atom. The second-order valence-corrected chi connectivity index (χ2v) is 9.25. The highest BCUT2D eigenvalue weighted by molar-refractivity contribution is 6.10. The third kappa shape index (κ3) is 6.58. The summed E-state index contributed by atoms with van der Waals surface area (Å²) < 4.78 is 0. The molecule has 2 unspecified atom stereocenters. The van der Waals surface area contributed by atoms with Crippen LogP contribution >= 0.6 is 0 Å². The quantitative estimate of drug-likeness (QED) is 0.193. The predicted octanol–water partition coefficient (Wildman–Crippen LogP) is 0.765. The molecule has 0 radical (unpaired) electrons. The van der Waals surface area contributed by atoms with Gasteiger partial charge in [-0.1, -0.05) is 38.5 Å². The lowest BCUT2D eigenvalue weighted by Gasteiger charge is -2.41. The number of rotatable bonds is 8. The van der Waals surface area contributed by atoms with Gasteiger partial charge in [-0.05, 0) is 44.4 Å². The zero-order valence-electron chi connectivity index (χ0n) is 18.5. The lowest BCUT2D eigenvalue weighted by atomic mass is 9.88. The van der Waals surface area contributed by atoms with Crippen molar-refractivity contribution in [2.75, 3.05) is 13.1 Å². The van der Waals surface area contributed by atoms with E-state index in [1.807, 2.05) is 0 Å². The molecule has 0 aromatic carbocycles. The normalized spacial score (nSPS) is 25.7. The summed E-state index contributed by atoms with van der Waals surface area (Å²) in [7, 11) is 0. The molecule has 1 heterocycles. The van der Waals surface area contributed by atoms with Crippen LogP contribution in [0.1, 0.15) is 77.0 Å². The molecule has 0 aromatic rings. The van der Waals surface area contributed by atoms with Gasteiger partial charge in [0.15, 0.2) is 12.0 Å². The Labute approximate surface area is 184 Å². The molecule has 31 heavy (non-hydrogen) atoms. The van der Waals surface area contributed by atoms with E-state index in [-0.39, 0.29) is 29.7 Å². The molecule has 3 aliphatic rings. The van der Waals surface area contributed by atoms with E-state index < -0.39 is 12.1 Å². The van der Waals surface area contributed by atoms with Crippen molar-refractivity contribution in [2.45, 2.75) is 95.2 Å². The van der Waals surface area contributed by atoms with Crippen LogP contribution < -0.4 is 22.1 Å². The van der Waals surface area contributed by atoms with Gasteiger partial charge in [-0.2, -0.15) is 0 Å². The fourth-order valence-electron chi connectivity index (χ4n) is 5.11. The van der Waals surface area contributed by atoms with Gasteiger partial charge >= 0.3 is 0 Å². The number of hydrogen-bond acceptors (Lipinski definition) is 4. The molecular formula is C22H38N6O3. The van der Waals surface area contributed by atoms with E-state index in [2.05, 4.69) is 15.6 Å². The Hall–Kier alpha value is -2.32. The van der Waals surface area contributed by atoms with Crippen LogP contribution in [-0.2, 0) is 14.4 Å².